The molecular weight excluding hydrogens is 349 g/mol. The van der Waals surface area contributed by atoms with Crippen LogP contribution in [0.4, 0.5) is 4.39 Å². The molecule has 2 aromatic heterocycles. The molecule has 0 spiro atoms. The molecule has 4 rings (SSSR count). The Kier molecular flexibility index (Phi) is 3.63. The molecular formula is C17H9ClFN3OS. The Balaban J connectivity index is 1.83. The normalized spacial score (nSPS) is 12.2. The van der Waals surface area contributed by atoms with Crippen LogP contribution >= 0.6 is 22.9 Å². The van der Waals surface area contributed by atoms with Gasteiger partial charge in [0.15, 0.2) is 5.82 Å². The zero-order valence-electron chi connectivity index (χ0n) is 12.1. The van der Waals surface area contributed by atoms with Gasteiger partial charge in [-0.3, -0.25) is 4.79 Å². The molecule has 0 aliphatic heterocycles. The van der Waals surface area contributed by atoms with Gasteiger partial charge in [-0.1, -0.05) is 41.1 Å². The van der Waals surface area contributed by atoms with Crippen LogP contribution in [0, 0.1) is 5.82 Å². The Hall–Kier alpha value is -2.57. The molecule has 4 aromatic rings. The first-order chi connectivity index (χ1) is 11.6. The lowest BCUT2D eigenvalue weighted by atomic mass is 10.2. The van der Waals surface area contributed by atoms with Crippen LogP contribution in [0.3, 0.4) is 0 Å². The molecule has 24 heavy (non-hydrogen) atoms. The third kappa shape index (κ3) is 2.60. The molecule has 4 nitrogen and oxygen atoms in total. The maximum absolute atomic E-state index is 13.0. The van der Waals surface area contributed by atoms with Gasteiger partial charge in [0.25, 0.3) is 5.56 Å². The lowest BCUT2D eigenvalue weighted by Gasteiger charge is -1.94. The van der Waals surface area contributed by atoms with E-state index in [1.54, 1.807) is 24.3 Å². The van der Waals surface area contributed by atoms with Gasteiger partial charge >= 0.3 is 0 Å². The van der Waals surface area contributed by atoms with Crippen LogP contribution in [0.5, 0.6) is 0 Å². The summed E-state index contributed by atoms with van der Waals surface area (Å²) in [6, 6.07) is 13.1. The van der Waals surface area contributed by atoms with E-state index in [1.165, 1.54) is 28.0 Å². The highest BCUT2D eigenvalue weighted by Crippen LogP contribution is 2.18. The van der Waals surface area contributed by atoms with Crippen LogP contribution in [0.1, 0.15) is 5.56 Å². The summed E-state index contributed by atoms with van der Waals surface area (Å²) in [6.45, 7) is 0. The van der Waals surface area contributed by atoms with E-state index < -0.39 is 0 Å². The predicted molar refractivity (Wildman–Crippen MR) is 92.8 cm³/mol. The number of rotatable bonds is 2. The van der Waals surface area contributed by atoms with Gasteiger partial charge in [0.05, 0.1) is 4.53 Å². The monoisotopic (exact) mass is 357 g/mol. The van der Waals surface area contributed by atoms with Crippen molar-refractivity contribution in [1.82, 2.24) is 14.6 Å². The highest BCUT2D eigenvalue weighted by Gasteiger charge is 2.12. The Bertz CT molecular complexity index is 1150. The zero-order chi connectivity index (χ0) is 16.7. The standard InChI is InChI=1S/C17H9ClFN3OS/c18-13-4-2-1-3-11(13)9-14-16(23)22-17(24-14)20-15(21-22)10-5-7-12(19)8-6-10/h1-9H/b14-9-. The number of benzene rings is 2. The Morgan fingerprint density at radius 2 is 1.88 bits per heavy atom. The molecule has 0 atom stereocenters. The van der Waals surface area contributed by atoms with Crippen LogP contribution in [0.25, 0.3) is 22.4 Å². The van der Waals surface area contributed by atoms with E-state index in [9.17, 15) is 9.18 Å². The number of hydrogen-bond acceptors (Lipinski definition) is 4. The molecule has 0 saturated heterocycles. The van der Waals surface area contributed by atoms with Crippen LogP contribution < -0.4 is 10.1 Å². The van der Waals surface area contributed by atoms with Crippen molar-refractivity contribution in [3.05, 3.63) is 79.8 Å². The van der Waals surface area contributed by atoms with Crippen LogP contribution in [0.15, 0.2) is 53.3 Å². The maximum Gasteiger partial charge on any atom is 0.291 e. The van der Waals surface area contributed by atoms with Crippen molar-refractivity contribution in [3.8, 4) is 11.4 Å². The molecule has 0 radical (unpaired) electrons. The molecule has 0 fully saturated rings. The number of aromatic nitrogens is 3. The van der Waals surface area contributed by atoms with Crippen molar-refractivity contribution in [1.29, 1.82) is 0 Å². The van der Waals surface area contributed by atoms with E-state index in [0.29, 0.717) is 25.9 Å². The summed E-state index contributed by atoms with van der Waals surface area (Å²) < 4.78 is 14.8. The second-order valence-electron chi connectivity index (χ2n) is 5.07. The summed E-state index contributed by atoms with van der Waals surface area (Å²) in [5.74, 6) is 0.0588. The van der Waals surface area contributed by atoms with Crippen LogP contribution in [0.2, 0.25) is 5.02 Å². The second kappa shape index (κ2) is 5.81. The highest BCUT2D eigenvalue weighted by atomic mass is 35.5. The van der Waals surface area contributed by atoms with Crippen LogP contribution in [-0.4, -0.2) is 14.6 Å². The van der Waals surface area contributed by atoms with Crippen molar-refractivity contribution in [2.24, 2.45) is 0 Å². The van der Waals surface area contributed by atoms with Crippen LogP contribution in [-0.2, 0) is 0 Å². The molecule has 0 saturated carbocycles. The quantitative estimate of drug-likeness (QED) is 0.553. The first-order valence-corrected chi connectivity index (χ1v) is 8.23. The first kappa shape index (κ1) is 15.0. The maximum atomic E-state index is 13.0. The fourth-order valence-electron chi connectivity index (χ4n) is 2.29. The molecule has 118 valence electrons. The summed E-state index contributed by atoms with van der Waals surface area (Å²) in [4.78, 5) is 17.3. The van der Waals surface area contributed by atoms with Gasteiger partial charge < -0.3 is 0 Å². The van der Waals surface area contributed by atoms with Gasteiger partial charge in [-0.25, -0.2) is 4.39 Å². The third-order valence-corrected chi connectivity index (χ3v) is 4.78. The van der Waals surface area contributed by atoms with E-state index >= 15 is 0 Å². The number of hydrogen-bond donors (Lipinski definition) is 0. The molecule has 0 aliphatic rings. The van der Waals surface area contributed by atoms with Gasteiger partial charge in [0, 0.05) is 10.6 Å². The van der Waals surface area contributed by atoms with Gasteiger partial charge in [-0.05, 0) is 42.0 Å². The van der Waals surface area contributed by atoms with Gasteiger partial charge in [0.1, 0.15) is 5.82 Å². The minimum absolute atomic E-state index is 0.254. The van der Waals surface area contributed by atoms with E-state index in [0.717, 1.165) is 5.56 Å². The summed E-state index contributed by atoms with van der Waals surface area (Å²) in [7, 11) is 0. The minimum Gasteiger partial charge on any atom is -0.266 e. The summed E-state index contributed by atoms with van der Waals surface area (Å²) >= 11 is 7.35. The molecule has 0 unspecified atom stereocenters. The average molecular weight is 358 g/mol. The van der Waals surface area contributed by atoms with Gasteiger partial charge in [-0.15, -0.1) is 5.10 Å². The summed E-state index contributed by atoms with van der Waals surface area (Å²) in [5.41, 5.74) is 1.17. The molecule has 0 aliphatic carbocycles. The minimum atomic E-state index is -0.332. The van der Waals surface area contributed by atoms with E-state index in [1.807, 2.05) is 18.2 Å². The number of nitrogens with zero attached hydrogens (tertiary/aromatic N) is 3. The van der Waals surface area contributed by atoms with Gasteiger partial charge in [0.2, 0.25) is 4.96 Å². The third-order valence-electron chi connectivity index (χ3n) is 3.48. The molecule has 0 bridgehead atoms. The summed E-state index contributed by atoms with van der Waals surface area (Å²) in [5, 5.41) is 4.80. The Morgan fingerprint density at radius 3 is 2.58 bits per heavy atom. The van der Waals surface area contributed by atoms with Crippen molar-refractivity contribution in [2.75, 3.05) is 0 Å². The van der Waals surface area contributed by atoms with Gasteiger partial charge in [-0.2, -0.15) is 9.50 Å². The van der Waals surface area contributed by atoms with E-state index in [2.05, 4.69) is 10.1 Å². The van der Waals surface area contributed by atoms with Crippen molar-refractivity contribution >= 4 is 34.0 Å². The number of halogens is 2. The second-order valence-corrected chi connectivity index (χ2v) is 6.49. The lowest BCUT2D eigenvalue weighted by Crippen LogP contribution is -2.23. The van der Waals surface area contributed by atoms with Crippen molar-refractivity contribution < 1.29 is 4.39 Å². The lowest BCUT2D eigenvalue weighted by molar-refractivity contribution is 0.628. The highest BCUT2D eigenvalue weighted by molar-refractivity contribution is 7.15. The van der Waals surface area contributed by atoms with Crippen molar-refractivity contribution in [3.63, 3.8) is 0 Å². The predicted octanol–water partition coefficient (Wildman–Crippen LogP) is 3.16. The Morgan fingerprint density at radius 1 is 1.12 bits per heavy atom. The summed E-state index contributed by atoms with van der Waals surface area (Å²) in [6.07, 6.45) is 1.73. The largest absolute Gasteiger partial charge is 0.291 e. The smallest absolute Gasteiger partial charge is 0.266 e. The van der Waals surface area contributed by atoms with Crippen molar-refractivity contribution in [2.45, 2.75) is 0 Å². The molecule has 2 heterocycles. The SMILES string of the molecule is O=c1/c(=C/c2ccccc2Cl)sc2nc(-c3ccc(F)cc3)nn12. The molecule has 7 heteroatoms. The topological polar surface area (TPSA) is 47.3 Å². The fraction of sp³-hybridized carbons (Fsp3) is 0. The van der Waals surface area contributed by atoms with E-state index in [-0.39, 0.29) is 11.4 Å². The first-order valence-electron chi connectivity index (χ1n) is 7.03. The molecule has 2 aromatic carbocycles. The fourth-order valence-corrected chi connectivity index (χ4v) is 3.38. The zero-order valence-corrected chi connectivity index (χ0v) is 13.7. The Labute approximate surface area is 144 Å². The molecule has 0 N–H and O–H groups in total. The number of thiazole rings is 1. The molecule has 0 amide bonds. The van der Waals surface area contributed by atoms with E-state index in [4.69, 9.17) is 11.6 Å². The average Bonchev–Trinajstić information content (AvgIpc) is 3.11. The number of fused-ring (bicyclic) bond motifs is 1.